The smallest absolute Gasteiger partial charge is 0.268 e. The SMILES string of the molecule is Cc1cc(-c2c(C#N)c(N)[nH]c(=O)c2C#N)ccc1OCc1ccccc1. The molecule has 0 saturated heterocycles. The molecule has 0 aliphatic rings. The number of benzene rings is 2. The van der Waals surface area contributed by atoms with Gasteiger partial charge in [-0.1, -0.05) is 36.4 Å². The van der Waals surface area contributed by atoms with Gasteiger partial charge in [-0.3, -0.25) is 4.79 Å². The van der Waals surface area contributed by atoms with E-state index in [0.717, 1.165) is 11.1 Å². The minimum Gasteiger partial charge on any atom is -0.489 e. The monoisotopic (exact) mass is 356 g/mol. The summed E-state index contributed by atoms with van der Waals surface area (Å²) in [6.45, 7) is 2.28. The van der Waals surface area contributed by atoms with Crippen LogP contribution in [0.4, 0.5) is 5.82 Å². The summed E-state index contributed by atoms with van der Waals surface area (Å²) in [6.07, 6.45) is 0. The average Bonchev–Trinajstić information content (AvgIpc) is 2.67. The molecular weight excluding hydrogens is 340 g/mol. The number of nitrogens with two attached hydrogens (primary N) is 1. The maximum atomic E-state index is 12.1. The molecule has 0 radical (unpaired) electrons. The number of nitrogens with one attached hydrogen (secondary N) is 1. The fraction of sp³-hybridized carbons (Fsp3) is 0.0952. The Hall–Kier alpha value is -4.03. The third-order valence-electron chi connectivity index (χ3n) is 4.17. The van der Waals surface area contributed by atoms with Crippen LogP contribution in [0, 0.1) is 29.6 Å². The van der Waals surface area contributed by atoms with Crippen LogP contribution in [0.1, 0.15) is 22.3 Å². The molecule has 0 spiro atoms. The second-order valence-electron chi connectivity index (χ2n) is 5.97. The predicted octanol–water partition coefficient (Wildman–Crippen LogP) is 3.25. The van der Waals surface area contributed by atoms with Crippen molar-refractivity contribution in [1.29, 1.82) is 10.5 Å². The second-order valence-corrected chi connectivity index (χ2v) is 5.97. The lowest BCUT2D eigenvalue weighted by atomic mass is 9.95. The third-order valence-corrected chi connectivity index (χ3v) is 4.17. The lowest BCUT2D eigenvalue weighted by Crippen LogP contribution is -2.16. The van der Waals surface area contributed by atoms with Gasteiger partial charge in [-0.25, -0.2) is 0 Å². The molecule has 6 heteroatoms. The number of H-pyrrole nitrogens is 1. The van der Waals surface area contributed by atoms with E-state index in [1.54, 1.807) is 18.2 Å². The molecule has 0 fully saturated rings. The summed E-state index contributed by atoms with van der Waals surface area (Å²) in [5.74, 6) is 0.621. The van der Waals surface area contributed by atoms with Crippen LogP contribution in [0.5, 0.6) is 5.75 Å². The molecule has 0 saturated carbocycles. The Kier molecular flexibility index (Phi) is 4.92. The van der Waals surface area contributed by atoms with Crippen molar-refractivity contribution in [2.45, 2.75) is 13.5 Å². The van der Waals surface area contributed by atoms with E-state index >= 15 is 0 Å². The zero-order valence-electron chi connectivity index (χ0n) is 14.6. The van der Waals surface area contributed by atoms with E-state index in [4.69, 9.17) is 10.5 Å². The first kappa shape index (κ1) is 17.8. The molecule has 0 amide bonds. The van der Waals surface area contributed by atoms with E-state index < -0.39 is 5.56 Å². The number of ether oxygens (including phenoxy) is 1. The zero-order valence-corrected chi connectivity index (χ0v) is 14.6. The molecule has 3 aromatic rings. The minimum absolute atomic E-state index is 0.0569. The van der Waals surface area contributed by atoms with E-state index in [1.807, 2.05) is 49.4 Å². The van der Waals surface area contributed by atoms with Crippen LogP contribution in [0.25, 0.3) is 11.1 Å². The number of nitrogens with zero attached hydrogens (tertiary/aromatic N) is 2. The molecule has 1 aromatic heterocycles. The van der Waals surface area contributed by atoms with Crippen molar-refractivity contribution in [3.8, 4) is 29.0 Å². The Labute approximate surface area is 156 Å². The van der Waals surface area contributed by atoms with Gasteiger partial charge >= 0.3 is 0 Å². The Bertz CT molecular complexity index is 1140. The third kappa shape index (κ3) is 3.51. The Morgan fingerprint density at radius 2 is 1.78 bits per heavy atom. The van der Waals surface area contributed by atoms with Crippen molar-refractivity contribution in [3.63, 3.8) is 0 Å². The number of hydrogen-bond acceptors (Lipinski definition) is 5. The van der Waals surface area contributed by atoms with Crippen LogP contribution in [-0.2, 0) is 6.61 Å². The largest absolute Gasteiger partial charge is 0.489 e. The number of aryl methyl sites for hydroxylation is 1. The molecule has 0 atom stereocenters. The number of nitriles is 2. The summed E-state index contributed by atoms with van der Waals surface area (Å²) < 4.78 is 5.85. The van der Waals surface area contributed by atoms with Gasteiger partial charge in [0.25, 0.3) is 5.56 Å². The standard InChI is InChI=1S/C21H16N4O2/c1-13-9-15(7-8-18(13)27-12-14-5-3-2-4-6-14)19-16(10-22)20(24)25-21(26)17(19)11-23/h2-9H,12H2,1H3,(H3,24,25,26). The Morgan fingerprint density at radius 3 is 2.41 bits per heavy atom. The van der Waals surface area contributed by atoms with E-state index in [1.165, 1.54) is 0 Å². The highest BCUT2D eigenvalue weighted by Gasteiger charge is 2.18. The fourth-order valence-corrected chi connectivity index (χ4v) is 2.83. The van der Waals surface area contributed by atoms with Crippen LogP contribution in [0.3, 0.4) is 0 Å². The van der Waals surface area contributed by atoms with E-state index in [-0.39, 0.29) is 22.5 Å². The normalized spacial score (nSPS) is 10.0. The van der Waals surface area contributed by atoms with Gasteiger partial charge < -0.3 is 15.5 Å². The van der Waals surface area contributed by atoms with Crippen LogP contribution in [0.2, 0.25) is 0 Å². The van der Waals surface area contributed by atoms with Gasteiger partial charge in [-0.05, 0) is 35.7 Å². The average molecular weight is 356 g/mol. The van der Waals surface area contributed by atoms with Crippen LogP contribution < -0.4 is 16.0 Å². The second kappa shape index (κ2) is 7.47. The minimum atomic E-state index is -0.619. The number of rotatable bonds is 4. The summed E-state index contributed by atoms with van der Waals surface area (Å²) in [6, 6.07) is 18.8. The Balaban J connectivity index is 2.01. The molecule has 0 aliphatic carbocycles. The van der Waals surface area contributed by atoms with Crippen molar-refractivity contribution >= 4 is 5.82 Å². The number of nitrogen functional groups attached to an aromatic ring is 1. The van der Waals surface area contributed by atoms with E-state index in [2.05, 4.69) is 4.98 Å². The van der Waals surface area contributed by atoms with Crippen molar-refractivity contribution in [3.05, 3.63) is 81.1 Å². The van der Waals surface area contributed by atoms with Gasteiger partial charge in [0.2, 0.25) is 0 Å². The summed E-state index contributed by atoms with van der Waals surface area (Å²) in [4.78, 5) is 14.4. The number of pyridine rings is 1. The summed E-state index contributed by atoms with van der Waals surface area (Å²) in [5, 5.41) is 18.8. The first-order valence-corrected chi connectivity index (χ1v) is 8.19. The van der Waals surface area contributed by atoms with Crippen molar-refractivity contribution in [2.75, 3.05) is 5.73 Å². The first-order chi connectivity index (χ1) is 13.0. The molecule has 3 N–H and O–H groups in total. The van der Waals surface area contributed by atoms with Gasteiger partial charge in [0.05, 0.1) is 0 Å². The van der Waals surface area contributed by atoms with Gasteiger partial charge in [-0.15, -0.1) is 0 Å². The van der Waals surface area contributed by atoms with E-state index in [0.29, 0.717) is 17.9 Å². The topological polar surface area (TPSA) is 116 Å². The number of aromatic nitrogens is 1. The molecular formula is C21H16N4O2. The Morgan fingerprint density at radius 1 is 1.07 bits per heavy atom. The lowest BCUT2D eigenvalue weighted by molar-refractivity contribution is 0.304. The molecule has 1 heterocycles. The molecule has 2 aromatic carbocycles. The molecule has 3 rings (SSSR count). The number of anilines is 1. The van der Waals surface area contributed by atoms with Crippen LogP contribution in [-0.4, -0.2) is 4.98 Å². The predicted molar refractivity (Wildman–Crippen MR) is 102 cm³/mol. The van der Waals surface area contributed by atoms with Gasteiger partial charge in [0.15, 0.2) is 0 Å². The molecule has 132 valence electrons. The van der Waals surface area contributed by atoms with Gasteiger partial charge in [0, 0.05) is 5.56 Å². The van der Waals surface area contributed by atoms with Crippen molar-refractivity contribution in [1.82, 2.24) is 4.98 Å². The number of aromatic amines is 1. The lowest BCUT2D eigenvalue weighted by Gasteiger charge is -2.13. The first-order valence-electron chi connectivity index (χ1n) is 8.19. The van der Waals surface area contributed by atoms with Crippen molar-refractivity contribution in [2.24, 2.45) is 0 Å². The molecule has 6 nitrogen and oxygen atoms in total. The van der Waals surface area contributed by atoms with Crippen LogP contribution in [0.15, 0.2) is 53.3 Å². The molecule has 0 unspecified atom stereocenters. The maximum Gasteiger partial charge on any atom is 0.268 e. The summed E-state index contributed by atoms with van der Waals surface area (Å²) >= 11 is 0. The van der Waals surface area contributed by atoms with E-state index in [9.17, 15) is 15.3 Å². The van der Waals surface area contributed by atoms with Gasteiger partial charge in [0.1, 0.15) is 41.4 Å². The highest BCUT2D eigenvalue weighted by molar-refractivity contribution is 5.80. The van der Waals surface area contributed by atoms with Gasteiger partial charge in [-0.2, -0.15) is 10.5 Å². The molecule has 27 heavy (non-hydrogen) atoms. The number of hydrogen-bond donors (Lipinski definition) is 2. The highest BCUT2D eigenvalue weighted by atomic mass is 16.5. The zero-order chi connectivity index (χ0) is 19.4. The maximum absolute atomic E-state index is 12.1. The fourth-order valence-electron chi connectivity index (χ4n) is 2.83. The van der Waals surface area contributed by atoms with Crippen LogP contribution >= 0.6 is 0 Å². The summed E-state index contributed by atoms with van der Waals surface area (Å²) in [7, 11) is 0. The molecule has 0 bridgehead atoms. The highest BCUT2D eigenvalue weighted by Crippen LogP contribution is 2.31. The summed E-state index contributed by atoms with van der Waals surface area (Å²) in [5.41, 5.74) is 7.73. The quantitative estimate of drug-likeness (QED) is 0.744. The molecule has 0 aliphatic heterocycles. The van der Waals surface area contributed by atoms with Crippen molar-refractivity contribution < 1.29 is 4.74 Å².